The maximum absolute atomic E-state index is 12.6. The van der Waals surface area contributed by atoms with Crippen LogP contribution in [-0.4, -0.2) is 150 Å². The molecular weight excluding hydrogens is 785 g/mol. The number of carbonyl (C=O) groups excluding carboxylic acids is 1. The van der Waals surface area contributed by atoms with Gasteiger partial charge < -0.3 is 35.4 Å². The molecule has 17 heteroatoms. The van der Waals surface area contributed by atoms with Crippen LogP contribution >= 0.6 is 0 Å². The fraction of sp³-hybridized carbons (Fsp3) is 0.682. The second kappa shape index (κ2) is 22.1. The average Bonchev–Trinajstić information content (AvgIpc) is 4.23. The molecule has 61 heavy (non-hydrogen) atoms. The standard InChI is InChI=1S/C22H32N4O4.C14H27N3.C8H7NO5/c1-30-21-14-17(4-9-20(21)26(28)29)22(27)23-18-5-7-19(8-6-18)25-12-10-24(11-13-25)15-16-2-3-16;15-13-3-5-14(6-4-13)17-9-7-16(8-10-17)11-12-1-2-12;1-14-7-4-5(8(10)11)2-3-6(7)9(12)13/h4,9,14,16,18-19H,2-3,5-8,10-13,15H2,1H3,(H,23,27);12-14H,1-11,15H2;2-4H,1H3,(H,10,11). The number of nitro benzene ring substituents is 2. The number of nitrogens with one attached hydrogen (secondary N) is 1. The molecule has 4 aliphatic carbocycles. The van der Waals surface area contributed by atoms with Crippen molar-refractivity contribution in [2.45, 2.75) is 101 Å². The van der Waals surface area contributed by atoms with Crippen molar-refractivity contribution >= 4 is 23.3 Å². The van der Waals surface area contributed by atoms with Crippen molar-refractivity contribution in [1.29, 1.82) is 0 Å². The van der Waals surface area contributed by atoms with E-state index >= 15 is 0 Å². The Morgan fingerprint density at radius 1 is 0.656 bits per heavy atom. The lowest BCUT2D eigenvalue weighted by Crippen LogP contribution is -2.52. The Bertz CT molecular complexity index is 1780. The van der Waals surface area contributed by atoms with Gasteiger partial charge in [0.15, 0.2) is 11.5 Å². The highest BCUT2D eigenvalue weighted by Gasteiger charge is 2.32. The quantitative estimate of drug-likeness (QED) is 0.174. The number of benzene rings is 2. The number of hydrogen-bond acceptors (Lipinski definition) is 13. The maximum Gasteiger partial charge on any atom is 0.335 e. The van der Waals surface area contributed by atoms with Crippen LogP contribution in [0.15, 0.2) is 36.4 Å². The van der Waals surface area contributed by atoms with Crippen molar-refractivity contribution in [2.24, 2.45) is 17.6 Å². The number of amides is 1. The second-order valence-corrected chi connectivity index (χ2v) is 17.7. The molecule has 8 rings (SSSR count). The molecule has 17 nitrogen and oxygen atoms in total. The first kappa shape index (κ1) is 46.1. The molecule has 6 fully saturated rings. The van der Waals surface area contributed by atoms with Crippen LogP contribution in [0.1, 0.15) is 97.8 Å². The monoisotopic (exact) mass is 850 g/mol. The molecule has 2 aromatic carbocycles. The summed E-state index contributed by atoms with van der Waals surface area (Å²) >= 11 is 0. The fourth-order valence-electron chi connectivity index (χ4n) is 9.21. The number of nitrogens with two attached hydrogens (primary N) is 1. The van der Waals surface area contributed by atoms with Crippen LogP contribution in [0.2, 0.25) is 0 Å². The van der Waals surface area contributed by atoms with Gasteiger partial charge in [0.1, 0.15) is 0 Å². The normalized spacial score (nSPS) is 25.2. The van der Waals surface area contributed by atoms with E-state index in [-0.39, 0.29) is 40.4 Å². The van der Waals surface area contributed by atoms with Gasteiger partial charge in [0.2, 0.25) is 0 Å². The van der Waals surface area contributed by atoms with Gasteiger partial charge in [-0.3, -0.25) is 34.8 Å². The number of carboxylic acid groups (broad SMARTS) is 1. The van der Waals surface area contributed by atoms with E-state index < -0.39 is 15.8 Å². The summed E-state index contributed by atoms with van der Waals surface area (Å²) in [6.07, 6.45) is 15.1. The van der Waals surface area contributed by atoms with Crippen molar-refractivity contribution in [1.82, 2.24) is 24.9 Å². The zero-order chi connectivity index (χ0) is 43.5. The van der Waals surface area contributed by atoms with Crippen LogP contribution in [-0.2, 0) is 0 Å². The predicted molar refractivity (Wildman–Crippen MR) is 231 cm³/mol. The molecule has 0 unspecified atom stereocenters. The Kier molecular flexibility index (Phi) is 16.7. The van der Waals surface area contributed by atoms with Crippen LogP contribution < -0.4 is 20.5 Å². The lowest BCUT2D eigenvalue weighted by Gasteiger charge is -2.42. The zero-order valence-corrected chi connectivity index (χ0v) is 36.0. The number of aromatic carboxylic acids is 1. The van der Waals surface area contributed by atoms with Gasteiger partial charge in [-0.15, -0.1) is 0 Å². The lowest BCUT2D eigenvalue weighted by atomic mass is 9.89. The third-order valence-electron chi connectivity index (χ3n) is 13.3. The first-order valence-corrected chi connectivity index (χ1v) is 22.3. The van der Waals surface area contributed by atoms with Gasteiger partial charge in [-0.1, -0.05) is 0 Å². The number of piperazine rings is 2. The van der Waals surface area contributed by atoms with Crippen LogP contribution in [0, 0.1) is 32.1 Å². The third kappa shape index (κ3) is 13.8. The molecule has 2 saturated heterocycles. The number of nitro groups is 2. The summed E-state index contributed by atoms with van der Waals surface area (Å²) in [6, 6.07) is 9.74. The summed E-state index contributed by atoms with van der Waals surface area (Å²) in [5.74, 6) is 0.714. The molecular formula is C44H66N8O9. The van der Waals surface area contributed by atoms with Gasteiger partial charge in [0.25, 0.3) is 5.91 Å². The van der Waals surface area contributed by atoms with E-state index in [1.165, 1.54) is 136 Å². The van der Waals surface area contributed by atoms with Gasteiger partial charge in [0, 0.05) is 119 Å². The van der Waals surface area contributed by atoms with Crippen molar-refractivity contribution in [3.05, 3.63) is 67.8 Å². The largest absolute Gasteiger partial charge is 0.490 e. The highest BCUT2D eigenvalue weighted by Crippen LogP contribution is 2.33. The van der Waals surface area contributed by atoms with Gasteiger partial charge in [-0.25, -0.2) is 4.79 Å². The van der Waals surface area contributed by atoms with E-state index in [4.69, 9.17) is 20.3 Å². The molecule has 2 heterocycles. The topological polar surface area (TPSA) is 210 Å². The lowest BCUT2D eigenvalue weighted by molar-refractivity contribution is -0.385. The van der Waals surface area contributed by atoms with Crippen molar-refractivity contribution in [3.8, 4) is 11.5 Å². The van der Waals surface area contributed by atoms with Crippen LogP contribution in [0.25, 0.3) is 0 Å². The number of carboxylic acids is 1. The van der Waals surface area contributed by atoms with E-state index in [1.807, 2.05) is 0 Å². The first-order chi connectivity index (χ1) is 29.4. The molecule has 4 saturated carbocycles. The maximum atomic E-state index is 12.6. The van der Waals surface area contributed by atoms with Crippen molar-refractivity contribution < 1.29 is 34.0 Å². The van der Waals surface area contributed by atoms with Gasteiger partial charge in [-0.05, 0) is 101 Å². The Morgan fingerprint density at radius 2 is 1.07 bits per heavy atom. The van der Waals surface area contributed by atoms with E-state index in [0.29, 0.717) is 17.6 Å². The molecule has 4 N–H and O–H groups in total. The molecule has 336 valence electrons. The summed E-state index contributed by atoms with van der Waals surface area (Å²) in [4.78, 5) is 54.2. The minimum absolute atomic E-state index is 0.0487. The molecule has 0 radical (unpaired) electrons. The third-order valence-corrected chi connectivity index (χ3v) is 13.3. The van der Waals surface area contributed by atoms with E-state index in [1.54, 1.807) is 0 Å². The van der Waals surface area contributed by atoms with Crippen molar-refractivity contribution in [2.75, 3.05) is 79.7 Å². The minimum atomic E-state index is -1.15. The number of methoxy groups -OCH3 is 2. The molecule has 2 aromatic rings. The average molecular weight is 851 g/mol. The highest BCUT2D eigenvalue weighted by atomic mass is 16.6. The summed E-state index contributed by atoms with van der Waals surface area (Å²) in [5.41, 5.74) is 5.94. The summed E-state index contributed by atoms with van der Waals surface area (Å²) in [6.45, 7) is 12.6. The number of hydrogen-bond donors (Lipinski definition) is 3. The fourth-order valence-corrected chi connectivity index (χ4v) is 9.21. The first-order valence-electron chi connectivity index (χ1n) is 22.3. The highest BCUT2D eigenvalue weighted by molar-refractivity contribution is 5.95. The molecule has 0 bridgehead atoms. The number of rotatable bonds is 13. The molecule has 0 spiro atoms. The molecule has 2 aliphatic heterocycles. The van der Waals surface area contributed by atoms with Gasteiger partial charge in [-0.2, -0.15) is 0 Å². The van der Waals surface area contributed by atoms with E-state index in [9.17, 15) is 29.8 Å². The van der Waals surface area contributed by atoms with Crippen LogP contribution in [0.5, 0.6) is 11.5 Å². The second-order valence-electron chi connectivity index (χ2n) is 17.7. The summed E-state index contributed by atoms with van der Waals surface area (Å²) < 4.78 is 9.76. The van der Waals surface area contributed by atoms with E-state index in [0.717, 1.165) is 74.8 Å². The van der Waals surface area contributed by atoms with Crippen molar-refractivity contribution in [3.63, 3.8) is 0 Å². The number of nitrogens with zero attached hydrogens (tertiary/aromatic N) is 6. The molecule has 6 aliphatic rings. The number of carbonyl (C=O) groups is 2. The Labute approximate surface area is 359 Å². The minimum Gasteiger partial charge on any atom is -0.490 e. The van der Waals surface area contributed by atoms with Gasteiger partial charge in [0.05, 0.1) is 29.6 Å². The smallest absolute Gasteiger partial charge is 0.335 e. The van der Waals surface area contributed by atoms with E-state index in [2.05, 4.69) is 24.9 Å². The van der Waals surface area contributed by atoms with Crippen LogP contribution in [0.4, 0.5) is 11.4 Å². The number of ether oxygens (including phenoxy) is 2. The Hall–Kier alpha value is -4.42. The molecule has 0 aromatic heterocycles. The Morgan fingerprint density at radius 3 is 1.46 bits per heavy atom. The summed E-state index contributed by atoms with van der Waals surface area (Å²) in [5, 5.41) is 33.2. The zero-order valence-electron chi connectivity index (χ0n) is 36.0. The molecule has 0 atom stereocenters. The summed E-state index contributed by atoms with van der Waals surface area (Å²) in [7, 11) is 2.62. The predicted octanol–water partition coefficient (Wildman–Crippen LogP) is 5.26. The van der Waals surface area contributed by atoms with Gasteiger partial charge >= 0.3 is 17.3 Å². The van der Waals surface area contributed by atoms with Crippen LogP contribution in [0.3, 0.4) is 0 Å². The molecule has 1 amide bonds. The SMILES string of the molecule is COc1cc(C(=O)NC2CCC(N3CCN(CC4CC4)CC3)CC2)ccc1[N+](=O)[O-].COc1cc(C(=O)O)ccc1[N+](=O)[O-].NC1CCC(N2CCN(CC3CC3)CC2)CC1. The Balaban J connectivity index is 0.000000169.